The lowest BCUT2D eigenvalue weighted by Gasteiger charge is -2.08. The molecule has 0 saturated heterocycles. The number of fused-ring (bicyclic) bond motifs is 1. The Morgan fingerprint density at radius 3 is 2.75 bits per heavy atom. The first-order valence-corrected chi connectivity index (χ1v) is 9.59. The first-order chi connectivity index (χ1) is 13.5. The molecule has 1 atom stereocenters. The number of esters is 1. The maximum Gasteiger partial charge on any atom is 0.337 e. The minimum Gasteiger partial charge on any atom is -0.465 e. The molecule has 0 saturated carbocycles. The number of H-pyrrole nitrogens is 1. The maximum absolute atomic E-state index is 12.3. The van der Waals surface area contributed by atoms with Crippen LogP contribution in [0.3, 0.4) is 0 Å². The molecule has 0 aliphatic carbocycles. The number of nitrogens with zero attached hydrogens (tertiary/aromatic N) is 2. The van der Waals surface area contributed by atoms with Crippen LogP contribution in [-0.4, -0.2) is 28.2 Å². The van der Waals surface area contributed by atoms with Gasteiger partial charge in [0.1, 0.15) is 5.82 Å². The molecule has 0 spiro atoms. The Labute approximate surface area is 166 Å². The molecule has 0 aliphatic rings. The van der Waals surface area contributed by atoms with E-state index in [1.165, 1.54) is 24.9 Å². The molecule has 3 rings (SSSR count). The molecular formula is C20H20N4O3S. The van der Waals surface area contributed by atoms with Crippen LogP contribution in [0.25, 0.3) is 10.9 Å². The Hall–Kier alpha value is -3.13. The number of carbonyl (C=O) groups is 1. The first kappa shape index (κ1) is 19.6. The fourth-order valence-corrected chi connectivity index (χ4v) is 3.33. The smallest absolute Gasteiger partial charge is 0.337 e. The number of amidine groups is 1. The van der Waals surface area contributed by atoms with Gasteiger partial charge in [0.05, 0.1) is 35.4 Å². The molecule has 0 aliphatic heterocycles. The number of thioether (sulfide) groups is 1. The highest BCUT2D eigenvalue weighted by Crippen LogP contribution is 2.19. The molecule has 0 amide bonds. The lowest BCUT2D eigenvalue weighted by atomic mass is 10.1. The summed E-state index contributed by atoms with van der Waals surface area (Å²) in [5, 5.41) is 0.808. The summed E-state index contributed by atoms with van der Waals surface area (Å²) in [4.78, 5) is 35.6. The van der Waals surface area contributed by atoms with Crippen LogP contribution in [-0.2, 0) is 10.5 Å². The summed E-state index contributed by atoms with van der Waals surface area (Å²) in [6, 6.07) is 14.4. The number of aromatic nitrogens is 2. The van der Waals surface area contributed by atoms with Gasteiger partial charge >= 0.3 is 5.97 Å². The van der Waals surface area contributed by atoms with Crippen LogP contribution in [0.4, 0.5) is 0 Å². The second kappa shape index (κ2) is 8.71. The lowest BCUT2D eigenvalue weighted by Crippen LogP contribution is -2.14. The van der Waals surface area contributed by atoms with Crippen molar-refractivity contribution in [2.24, 2.45) is 10.7 Å². The van der Waals surface area contributed by atoms with Crippen LogP contribution in [0.2, 0.25) is 0 Å². The summed E-state index contributed by atoms with van der Waals surface area (Å²) in [7, 11) is 1.30. The Morgan fingerprint density at radius 2 is 2.04 bits per heavy atom. The van der Waals surface area contributed by atoms with Crippen LogP contribution in [0.15, 0.2) is 58.3 Å². The monoisotopic (exact) mass is 396 g/mol. The van der Waals surface area contributed by atoms with Gasteiger partial charge in [-0.1, -0.05) is 42.1 Å². The number of benzene rings is 2. The van der Waals surface area contributed by atoms with Crippen LogP contribution in [0.1, 0.15) is 34.7 Å². The summed E-state index contributed by atoms with van der Waals surface area (Å²) >= 11 is 1.29. The van der Waals surface area contributed by atoms with Gasteiger partial charge in [0, 0.05) is 0 Å². The van der Waals surface area contributed by atoms with E-state index < -0.39 is 5.97 Å². The molecule has 0 unspecified atom stereocenters. The van der Waals surface area contributed by atoms with Crippen molar-refractivity contribution in [2.45, 2.75) is 18.7 Å². The van der Waals surface area contributed by atoms with Gasteiger partial charge in [-0.3, -0.25) is 9.79 Å². The van der Waals surface area contributed by atoms with Crippen LogP contribution >= 0.6 is 11.8 Å². The van der Waals surface area contributed by atoms with Gasteiger partial charge in [-0.15, -0.1) is 0 Å². The highest BCUT2D eigenvalue weighted by Gasteiger charge is 2.11. The summed E-state index contributed by atoms with van der Waals surface area (Å²) in [5.41, 5.74) is 7.58. The quantitative estimate of drug-likeness (QED) is 0.390. The fraction of sp³-hybridized carbons (Fsp3) is 0.200. The average molecular weight is 396 g/mol. The van der Waals surface area contributed by atoms with E-state index in [0.717, 1.165) is 5.56 Å². The van der Waals surface area contributed by atoms with Gasteiger partial charge in [0.2, 0.25) is 0 Å². The Bertz CT molecular complexity index is 1080. The number of aliphatic imine (C=N–C) groups is 1. The standard InChI is InChI=1S/C20H20N4O3S/c1-12(13-6-4-3-5-7-13)22-20(21)28-11-17-23-16-10-14(19(26)27-2)8-9-15(16)18(25)24-17/h3-10,12H,11H2,1-2H3,(H2,21,22)(H,23,24,25)/t12-/m1/s1. The average Bonchev–Trinajstić information content (AvgIpc) is 2.71. The molecule has 0 bridgehead atoms. The molecule has 1 heterocycles. The van der Waals surface area contributed by atoms with Crippen molar-refractivity contribution in [3.63, 3.8) is 0 Å². The molecule has 0 radical (unpaired) electrons. The summed E-state index contributed by atoms with van der Waals surface area (Å²) in [6.07, 6.45) is 0. The van der Waals surface area contributed by atoms with Gasteiger partial charge < -0.3 is 15.5 Å². The van der Waals surface area contributed by atoms with Crippen molar-refractivity contribution < 1.29 is 9.53 Å². The zero-order valence-corrected chi connectivity index (χ0v) is 16.3. The van der Waals surface area contributed by atoms with Gasteiger partial charge in [0.25, 0.3) is 5.56 Å². The number of methoxy groups -OCH3 is 1. The lowest BCUT2D eigenvalue weighted by molar-refractivity contribution is 0.0601. The van der Waals surface area contributed by atoms with E-state index in [1.807, 2.05) is 37.3 Å². The van der Waals surface area contributed by atoms with Crippen molar-refractivity contribution in [3.05, 3.63) is 75.8 Å². The molecule has 0 fully saturated rings. The number of aromatic amines is 1. The van der Waals surface area contributed by atoms with E-state index >= 15 is 0 Å². The van der Waals surface area contributed by atoms with E-state index in [0.29, 0.717) is 33.2 Å². The van der Waals surface area contributed by atoms with E-state index in [-0.39, 0.29) is 11.6 Å². The molecule has 1 aromatic heterocycles. The predicted molar refractivity (Wildman–Crippen MR) is 111 cm³/mol. The number of hydrogen-bond acceptors (Lipinski definition) is 6. The fourth-order valence-electron chi connectivity index (χ4n) is 2.68. The largest absolute Gasteiger partial charge is 0.465 e. The van der Waals surface area contributed by atoms with Gasteiger partial charge in [-0.25, -0.2) is 9.78 Å². The van der Waals surface area contributed by atoms with Crippen molar-refractivity contribution in [1.29, 1.82) is 0 Å². The minimum absolute atomic E-state index is 0.0695. The number of nitrogens with two attached hydrogens (primary N) is 1. The van der Waals surface area contributed by atoms with Crippen molar-refractivity contribution >= 4 is 33.8 Å². The van der Waals surface area contributed by atoms with Crippen LogP contribution in [0, 0.1) is 0 Å². The molecule has 2 aromatic carbocycles. The van der Waals surface area contributed by atoms with E-state index in [2.05, 4.69) is 15.0 Å². The third-order valence-corrected chi connectivity index (χ3v) is 4.96. The molecule has 7 nitrogen and oxygen atoms in total. The van der Waals surface area contributed by atoms with E-state index in [9.17, 15) is 9.59 Å². The topological polar surface area (TPSA) is 110 Å². The number of nitrogens with one attached hydrogen (secondary N) is 1. The highest BCUT2D eigenvalue weighted by atomic mass is 32.2. The predicted octanol–water partition coefficient (Wildman–Crippen LogP) is 3.02. The number of rotatable bonds is 5. The Morgan fingerprint density at radius 1 is 1.29 bits per heavy atom. The molecular weight excluding hydrogens is 376 g/mol. The van der Waals surface area contributed by atoms with Gasteiger partial charge in [0.15, 0.2) is 5.17 Å². The normalized spacial score (nSPS) is 12.7. The van der Waals surface area contributed by atoms with E-state index in [1.54, 1.807) is 12.1 Å². The maximum atomic E-state index is 12.3. The minimum atomic E-state index is -0.480. The van der Waals surface area contributed by atoms with Gasteiger partial charge in [-0.05, 0) is 30.7 Å². The molecule has 144 valence electrons. The second-order valence-electron chi connectivity index (χ2n) is 6.08. The summed E-state index contributed by atoms with van der Waals surface area (Å²) in [6.45, 7) is 1.97. The molecule has 28 heavy (non-hydrogen) atoms. The van der Waals surface area contributed by atoms with Crippen LogP contribution < -0.4 is 11.3 Å². The van der Waals surface area contributed by atoms with Crippen molar-refractivity contribution in [2.75, 3.05) is 7.11 Å². The molecule has 3 aromatic rings. The zero-order valence-electron chi connectivity index (χ0n) is 15.5. The Kier molecular flexibility index (Phi) is 6.10. The number of hydrogen-bond donors (Lipinski definition) is 2. The molecule has 8 heteroatoms. The molecule has 3 N–H and O–H groups in total. The Balaban J connectivity index is 1.77. The second-order valence-corrected chi connectivity index (χ2v) is 7.07. The zero-order chi connectivity index (χ0) is 20.1. The van der Waals surface area contributed by atoms with Crippen LogP contribution in [0.5, 0.6) is 0 Å². The summed E-state index contributed by atoms with van der Waals surface area (Å²) < 4.78 is 4.71. The third kappa shape index (κ3) is 4.58. The van der Waals surface area contributed by atoms with Gasteiger partial charge in [-0.2, -0.15) is 0 Å². The highest BCUT2D eigenvalue weighted by molar-refractivity contribution is 8.13. The SMILES string of the molecule is COC(=O)c1ccc2c(=O)[nH]c(CSC(N)=N[C@H](C)c3ccccc3)nc2c1. The number of carbonyl (C=O) groups excluding carboxylic acids is 1. The third-order valence-electron chi connectivity index (χ3n) is 4.14. The summed E-state index contributed by atoms with van der Waals surface area (Å²) in [5.74, 6) is 0.325. The first-order valence-electron chi connectivity index (χ1n) is 8.60. The van der Waals surface area contributed by atoms with Crippen molar-refractivity contribution in [1.82, 2.24) is 9.97 Å². The van der Waals surface area contributed by atoms with E-state index in [4.69, 9.17) is 10.5 Å². The number of ether oxygens (including phenoxy) is 1. The van der Waals surface area contributed by atoms with Crippen molar-refractivity contribution in [3.8, 4) is 0 Å².